The molecule has 0 bridgehead atoms. The molecule has 0 radical (unpaired) electrons. The third kappa shape index (κ3) is 3.81. The third-order valence-electron chi connectivity index (χ3n) is 2.06. The van der Waals surface area contributed by atoms with Gasteiger partial charge >= 0.3 is 0 Å². The van der Waals surface area contributed by atoms with E-state index in [4.69, 9.17) is 5.11 Å². The van der Waals surface area contributed by atoms with Crippen LogP contribution < -0.4 is 4.57 Å². The Morgan fingerprint density at radius 1 is 1.47 bits per heavy atom. The number of aromatic hydroxyl groups is 1. The maximum absolute atomic E-state index is 9.13. The zero-order valence-corrected chi connectivity index (χ0v) is 8.93. The van der Waals surface area contributed by atoms with Crippen LogP contribution in [0.4, 0.5) is 0 Å². The Balaban J connectivity index is 2.71. The van der Waals surface area contributed by atoms with Crippen molar-refractivity contribution >= 4 is 0 Å². The molecule has 1 N–H and O–H groups in total. The van der Waals surface area contributed by atoms with E-state index in [9.17, 15) is 0 Å². The van der Waals surface area contributed by atoms with E-state index in [-0.39, 0.29) is 5.75 Å². The lowest BCUT2D eigenvalue weighted by Gasteiger charge is -1.97. The minimum Gasteiger partial charge on any atom is -0.507 e. The summed E-state index contributed by atoms with van der Waals surface area (Å²) in [5.74, 6) is 0.287. The molecule has 0 saturated carbocycles. The first-order chi connectivity index (χ1) is 7.26. The van der Waals surface area contributed by atoms with E-state index in [0.717, 1.165) is 6.54 Å². The highest BCUT2D eigenvalue weighted by Gasteiger charge is 2.01. The van der Waals surface area contributed by atoms with Gasteiger partial charge in [0.25, 0.3) is 0 Å². The van der Waals surface area contributed by atoms with Crippen LogP contribution in [0.1, 0.15) is 6.92 Å². The highest BCUT2D eigenvalue weighted by molar-refractivity contribution is 5.19. The second kappa shape index (κ2) is 5.81. The molecular formula is C13H16NO+. The third-order valence-corrected chi connectivity index (χ3v) is 2.06. The molecule has 2 nitrogen and oxygen atoms in total. The van der Waals surface area contributed by atoms with Crippen LogP contribution in [0, 0.1) is 0 Å². The first kappa shape index (κ1) is 11.2. The zero-order valence-electron chi connectivity index (χ0n) is 8.93. The first-order valence-electron chi connectivity index (χ1n) is 4.88. The largest absolute Gasteiger partial charge is 0.507 e. The van der Waals surface area contributed by atoms with Gasteiger partial charge in [-0.25, -0.2) is 4.57 Å². The second-order valence-corrected chi connectivity index (χ2v) is 3.19. The number of allylic oxidation sites excluding steroid dienone is 5. The van der Waals surface area contributed by atoms with Crippen LogP contribution in [0.5, 0.6) is 5.75 Å². The van der Waals surface area contributed by atoms with Crippen molar-refractivity contribution in [3.8, 4) is 5.75 Å². The van der Waals surface area contributed by atoms with Gasteiger partial charge in [0.2, 0.25) is 0 Å². The van der Waals surface area contributed by atoms with Crippen molar-refractivity contribution in [2.75, 3.05) is 0 Å². The van der Waals surface area contributed by atoms with Gasteiger partial charge in [-0.15, -0.1) is 0 Å². The van der Waals surface area contributed by atoms with Gasteiger partial charge in [0.1, 0.15) is 5.75 Å². The van der Waals surface area contributed by atoms with Crippen molar-refractivity contribution in [2.24, 2.45) is 0 Å². The maximum Gasteiger partial charge on any atom is 0.173 e. The molecule has 0 fully saturated rings. The van der Waals surface area contributed by atoms with Crippen LogP contribution in [0.2, 0.25) is 0 Å². The molecule has 0 amide bonds. The van der Waals surface area contributed by atoms with Crippen molar-refractivity contribution in [3.05, 3.63) is 61.0 Å². The molecule has 15 heavy (non-hydrogen) atoms. The lowest BCUT2D eigenvalue weighted by molar-refractivity contribution is -0.688. The van der Waals surface area contributed by atoms with Gasteiger partial charge in [0, 0.05) is 17.7 Å². The molecule has 2 heteroatoms. The molecular weight excluding hydrogens is 186 g/mol. The SMILES string of the molecule is C=C/C=C\C(=C/C)C[n+]1ccc(O)cc1. The van der Waals surface area contributed by atoms with Crippen LogP contribution in [0.15, 0.2) is 61.0 Å². The van der Waals surface area contributed by atoms with Crippen molar-refractivity contribution in [2.45, 2.75) is 13.5 Å². The number of nitrogens with zero attached hydrogens (tertiary/aromatic N) is 1. The number of hydrogen-bond acceptors (Lipinski definition) is 1. The van der Waals surface area contributed by atoms with E-state index >= 15 is 0 Å². The summed E-state index contributed by atoms with van der Waals surface area (Å²) < 4.78 is 2.00. The lowest BCUT2D eigenvalue weighted by atomic mass is 10.2. The van der Waals surface area contributed by atoms with Gasteiger partial charge in [-0.3, -0.25) is 0 Å². The molecule has 0 aliphatic rings. The molecule has 0 aliphatic carbocycles. The minimum absolute atomic E-state index is 0.287. The summed E-state index contributed by atoms with van der Waals surface area (Å²) >= 11 is 0. The monoisotopic (exact) mass is 202 g/mol. The van der Waals surface area contributed by atoms with Gasteiger partial charge in [-0.05, 0) is 6.92 Å². The Kier molecular flexibility index (Phi) is 4.35. The van der Waals surface area contributed by atoms with Crippen molar-refractivity contribution < 1.29 is 9.67 Å². The van der Waals surface area contributed by atoms with Crippen LogP contribution >= 0.6 is 0 Å². The average Bonchev–Trinajstić information content (AvgIpc) is 2.27. The second-order valence-electron chi connectivity index (χ2n) is 3.19. The molecule has 1 rings (SSSR count). The van der Waals surface area contributed by atoms with E-state index in [0.29, 0.717) is 0 Å². The van der Waals surface area contributed by atoms with Crippen molar-refractivity contribution in [1.82, 2.24) is 0 Å². The summed E-state index contributed by atoms with van der Waals surface area (Å²) in [6, 6.07) is 3.34. The van der Waals surface area contributed by atoms with Gasteiger partial charge < -0.3 is 5.11 Å². The summed E-state index contributed by atoms with van der Waals surface area (Å²) in [4.78, 5) is 0. The Hall–Kier alpha value is -1.83. The Morgan fingerprint density at radius 3 is 2.67 bits per heavy atom. The smallest absolute Gasteiger partial charge is 0.173 e. The fraction of sp³-hybridized carbons (Fsp3) is 0.154. The van der Waals surface area contributed by atoms with E-state index in [1.54, 1.807) is 18.2 Å². The predicted octanol–water partition coefficient (Wildman–Crippen LogP) is 2.37. The number of aromatic nitrogens is 1. The average molecular weight is 202 g/mol. The summed E-state index contributed by atoms with van der Waals surface area (Å²) in [6.45, 7) is 6.43. The summed E-state index contributed by atoms with van der Waals surface area (Å²) in [7, 11) is 0. The van der Waals surface area contributed by atoms with Gasteiger partial charge in [-0.2, -0.15) is 0 Å². The van der Waals surface area contributed by atoms with E-state index in [2.05, 4.69) is 12.7 Å². The number of hydrogen-bond donors (Lipinski definition) is 1. The van der Waals surface area contributed by atoms with Crippen LogP contribution in [0.3, 0.4) is 0 Å². The first-order valence-corrected chi connectivity index (χ1v) is 4.88. The summed E-state index contributed by atoms with van der Waals surface area (Å²) in [6.07, 6.45) is 11.4. The Labute approximate surface area is 90.5 Å². The molecule has 0 atom stereocenters. The van der Waals surface area contributed by atoms with Crippen LogP contribution in [-0.4, -0.2) is 5.11 Å². The molecule has 0 unspecified atom stereocenters. The van der Waals surface area contributed by atoms with Gasteiger partial charge in [-0.1, -0.05) is 30.9 Å². The fourth-order valence-electron chi connectivity index (χ4n) is 1.20. The molecule has 1 aromatic rings. The molecule has 0 aromatic carbocycles. The summed E-state index contributed by atoms with van der Waals surface area (Å²) in [5.41, 5.74) is 1.20. The highest BCUT2D eigenvalue weighted by Crippen LogP contribution is 2.03. The molecule has 1 heterocycles. The fourth-order valence-corrected chi connectivity index (χ4v) is 1.20. The number of rotatable bonds is 4. The molecule has 1 aromatic heterocycles. The summed E-state index contributed by atoms with van der Waals surface area (Å²) in [5, 5.41) is 9.13. The van der Waals surface area contributed by atoms with Crippen molar-refractivity contribution in [3.63, 3.8) is 0 Å². The minimum atomic E-state index is 0.287. The highest BCUT2D eigenvalue weighted by atomic mass is 16.3. The number of pyridine rings is 1. The molecule has 0 aliphatic heterocycles. The normalized spacial score (nSPS) is 11.9. The van der Waals surface area contributed by atoms with E-state index in [1.165, 1.54) is 5.57 Å². The predicted molar refractivity (Wildman–Crippen MR) is 61.4 cm³/mol. The van der Waals surface area contributed by atoms with Gasteiger partial charge in [0.15, 0.2) is 18.9 Å². The molecule has 0 spiro atoms. The Bertz CT molecular complexity index is 374. The zero-order chi connectivity index (χ0) is 11.1. The standard InChI is InChI=1S/C13H15NO/c1-3-5-6-12(4-2)11-14-9-7-13(15)8-10-14/h3-10H,1,11H2,2H3/p+1/b6-5-,12-4+. The lowest BCUT2D eigenvalue weighted by Crippen LogP contribution is -2.32. The Morgan fingerprint density at radius 2 is 2.13 bits per heavy atom. The quantitative estimate of drug-likeness (QED) is 0.588. The maximum atomic E-state index is 9.13. The van der Waals surface area contributed by atoms with Crippen LogP contribution in [0.25, 0.3) is 0 Å². The van der Waals surface area contributed by atoms with E-state index < -0.39 is 0 Å². The molecule has 78 valence electrons. The van der Waals surface area contributed by atoms with Gasteiger partial charge in [0.05, 0.1) is 0 Å². The topological polar surface area (TPSA) is 24.1 Å². The van der Waals surface area contributed by atoms with E-state index in [1.807, 2.05) is 36.0 Å². The van der Waals surface area contributed by atoms with Crippen LogP contribution in [-0.2, 0) is 6.54 Å². The molecule has 0 saturated heterocycles. The van der Waals surface area contributed by atoms with Crippen molar-refractivity contribution in [1.29, 1.82) is 0 Å².